The van der Waals surface area contributed by atoms with Crippen LogP contribution in [0.2, 0.25) is 0 Å². The van der Waals surface area contributed by atoms with Gasteiger partial charge in [0.25, 0.3) is 0 Å². The van der Waals surface area contributed by atoms with Gasteiger partial charge in [0.1, 0.15) is 6.04 Å². The maximum Gasteiger partial charge on any atom is 0.392 e. The fourth-order valence-corrected chi connectivity index (χ4v) is 1.34. The van der Waals surface area contributed by atoms with Crippen LogP contribution in [0.1, 0.15) is 12.8 Å². The van der Waals surface area contributed by atoms with Crippen LogP contribution >= 0.6 is 0 Å². The average Bonchev–Trinajstić information content (AvgIpc) is 2.65. The lowest BCUT2D eigenvalue weighted by molar-refractivity contribution is -0.152. The molecule has 0 aromatic carbocycles. The second-order valence-corrected chi connectivity index (χ2v) is 3.32. The second-order valence-electron chi connectivity index (χ2n) is 3.32. The van der Waals surface area contributed by atoms with Gasteiger partial charge in [-0.15, -0.1) is 0 Å². The molecular weight excluding hydrogens is 187 g/mol. The average molecular weight is 197 g/mol. The minimum Gasteiger partial charge on any atom is -0.480 e. The molecule has 1 saturated carbocycles. The van der Waals surface area contributed by atoms with Gasteiger partial charge >= 0.3 is 12.1 Å². The maximum absolute atomic E-state index is 12.0. The van der Waals surface area contributed by atoms with Gasteiger partial charge in [-0.25, -0.2) is 0 Å². The van der Waals surface area contributed by atoms with Crippen LogP contribution in [0.25, 0.3) is 0 Å². The Hall–Kier alpha value is -0.780. The van der Waals surface area contributed by atoms with E-state index in [0.717, 1.165) is 0 Å². The highest BCUT2D eigenvalue weighted by Crippen LogP contribution is 2.51. The van der Waals surface area contributed by atoms with Crippen LogP contribution in [-0.4, -0.2) is 23.3 Å². The SMILES string of the molecule is N[C@@H](C[C@H]1C[C@H]1C(F)(F)F)C(=O)O. The van der Waals surface area contributed by atoms with Gasteiger partial charge in [0.2, 0.25) is 0 Å². The Morgan fingerprint density at radius 1 is 1.62 bits per heavy atom. The third kappa shape index (κ3) is 2.58. The molecule has 0 unspecified atom stereocenters. The number of hydrogen-bond donors (Lipinski definition) is 2. The summed E-state index contributed by atoms with van der Waals surface area (Å²) >= 11 is 0. The molecule has 0 aromatic rings. The van der Waals surface area contributed by atoms with E-state index < -0.39 is 30.0 Å². The number of carbonyl (C=O) groups is 1. The van der Waals surface area contributed by atoms with Gasteiger partial charge in [-0.05, 0) is 18.8 Å². The van der Waals surface area contributed by atoms with Crippen LogP contribution in [0.5, 0.6) is 0 Å². The molecule has 0 heterocycles. The highest BCUT2D eigenvalue weighted by atomic mass is 19.4. The van der Waals surface area contributed by atoms with Gasteiger partial charge < -0.3 is 10.8 Å². The first kappa shape index (κ1) is 10.3. The van der Waals surface area contributed by atoms with Crippen molar-refractivity contribution < 1.29 is 23.1 Å². The van der Waals surface area contributed by atoms with Gasteiger partial charge in [0, 0.05) is 0 Å². The first-order valence-corrected chi connectivity index (χ1v) is 3.87. The first-order valence-electron chi connectivity index (χ1n) is 3.87. The number of aliphatic carboxylic acids is 1. The molecule has 0 saturated heterocycles. The van der Waals surface area contributed by atoms with Crippen LogP contribution in [0.3, 0.4) is 0 Å². The highest BCUT2D eigenvalue weighted by molar-refractivity contribution is 5.73. The molecule has 76 valence electrons. The Kier molecular flexibility index (Phi) is 2.51. The number of rotatable bonds is 3. The largest absolute Gasteiger partial charge is 0.480 e. The zero-order valence-electron chi connectivity index (χ0n) is 6.71. The fourth-order valence-electron chi connectivity index (χ4n) is 1.34. The van der Waals surface area contributed by atoms with Crippen molar-refractivity contribution in [2.24, 2.45) is 17.6 Å². The van der Waals surface area contributed by atoms with Crippen molar-refractivity contribution in [1.82, 2.24) is 0 Å². The Labute approximate surface area is 72.7 Å². The smallest absolute Gasteiger partial charge is 0.392 e. The topological polar surface area (TPSA) is 63.3 Å². The normalized spacial score (nSPS) is 29.8. The molecule has 1 rings (SSSR count). The highest BCUT2D eigenvalue weighted by Gasteiger charge is 2.55. The fraction of sp³-hybridized carbons (Fsp3) is 0.857. The number of carboxylic acids is 1. The zero-order chi connectivity index (χ0) is 10.2. The van der Waals surface area contributed by atoms with Crippen LogP contribution in [0.15, 0.2) is 0 Å². The van der Waals surface area contributed by atoms with Gasteiger partial charge in [-0.3, -0.25) is 4.79 Å². The summed E-state index contributed by atoms with van der Waals surface area (Å²) in [4.78, 5) is 10.2. The summed E-state index contributed by atoms with van der Waals surface area (Å²) in [6.07, 6.45) is -4.26. The predicted molar refractivity (Wildman–Crippen MR) is 37.9 cm³/mol. The number of alkyl halides is 3. The van der Waals surface area contributed by atoms with Crippen LogP contribution < -0.4 is 5.73 Å². The monoisotopic (exact) mass is 197 g/mol. The first-order chi connectivity index (χ1) is 5.82. The molecular formula is C7H10F3NO2. The molecule has 0 spiro atoms. The van der Waals surface area contributed by atoms with Crippen LogP contribution in [-0.2, 0) is 4.79 Å². The summed E-state index contributed by atoms with van der Waals surface area (Å²) in [5.74, 6) is -3.17. The minimum atomic E-state index is -4.19. The van der Waals surface area contributed by atoms with Crippen LogP contribution in [0, 0.1) is 11.8 Å². The van der Waals surface area contributed by atoms with Gasteiger partial charge in [-0.2, -0.15) is 13.2 Å². The van der Waals surface area contributed by atoms with Crippen molar-refractivity contribution in [1.29, 1.82) is 0 Å². The Bertz CT molecular complexity index is 216. The quantitative estimate of drug-likeness (QED) is 0.709. The molecule has 1 aliphatic carbocycles. The van der Waals surface area contributed by atoms with E-state index in [-0.39, 0.29) is 12.8 Å². The van der Waals surface area contributed by atoms with Crippen molar-refractivity contribution in [3.05, 3.63) is 0 Å². The van der Waals surface area contributed by atoms with E-state index in [9.17, 15) is 18.0 Å². The van der Waals surface area contributed by atoms with Crippen LogP contribution in [0.4, 0.5) is 13.2 Å². The summed E-state index contributed by atoms with van der Waals surface area (Å²) in [5, 5.41) is 8.34. The lowest BCUT2D eigenvalue weighted by Gasteiger charge is -2.07. The van der Waals surface area contributed by atoms with Gasteiger partial charge in [0.05, 0.1) is 5.92 Å². The standard InChI is InChI=1S/C7H10F3NO2/c8-7(9,10)4-1-3(4)2-5(11)6(12)13/h3-5H,1-2,11H2,(H,12,13)/t3-,4-,5+/m1/s1. The lowest BCUT2D eigenvalue weighted by Crippen LogP contribution is -2.31. The molecule has 1 aliphatic rings. The summed E-state index contributed by atoms with van der Waals surface area (Å²) < 4.78 is 35.9. The van der Waals surface area contributed by atoms with E-state index in [1.165, 1.54) is 0 Å². The predicted octanol–water partition coefficient (Wildman–Crippen LogP) is 0.987. The van der Waals surface area contributed by atoms with Crippen molar-refractivity contribution >= 4 is 5.97 Å². The molecule has 0 bridgehead atoms. The molecule has 0 amide bonds. The summed E-state index contributed by atoms with van der Waals surface area (Å²) in [6, 6.07) is -1.17. The molecule has 13 heavy (non-hydrogen) atoms. The van der Waals surface area contributed by atoms with Crippen molar-refractivity contribution in [3.63, 3.8) is 0 Å². The van der Waals surface area contributed by atoms with E-state index in [4.69, 9.17) is 10.8 Å². The van der Waals surface area contributed by atoms with Gasteiger partial charge in [-0.1, -0.05) is 0 Å². The Morgan fingerprint density at radius 3 is 2.46 bits per heavy atom. The van der Waals surface area contributed by atoms with Gasteiger partial charge in [0.15, 0.2) is 0 Å². The number of carboxylic acid groups (broad SMARTS) is 1. The molecule has 3 N–H and O–H groups in total. The molecule has 0 aliphatic heterocycles. The van der Waals surface area contributed by atoms with E-state index in [0.29, 0.717) is 0 Å². The molecule has 6 heteroatoms. The van der Waals surface area contributed by atoms with Crippen molar-refractivity contribution in [3.8, 4) is 0 Å². The maximum atomic E-state index is 12.0. The van der Waals surface area contributed by atoms with E-state index >= 15 is 0 Å². The number of hydrogen-bond acceptors (Lipinski definition) is 2. The third-order valence-corrected chi connectivity index (χ3v) is 2.22. The van der Waals surface area contributed by atoms with E-state index in [2.05, 4.69) is 0 Å². The second kappa shape index (κ2) is 3.17. The number of nitrogens with two attached hydrogens (primary N) is 1. The number of halogens is 3. The molecule has 3 atom stereocenters. The van der Waals surface area contributed by atoms with E-state index in [1.54, 1.807) is 0 Å². The molecule has 0 aromatic heterocycles. The summed E-state index contributed by atoms with van der Waals surface area (Å²) in [5.41, 5.74) is 5.10. The minimum absolute atomic E-state index is 0.0183. The molecule has 3 nitrogen and oxygen atoms in total. The summed E-state index contributed by atoms with van der Waals surface area (Å²) in [6.45, 7) is 0. The lowest BCUT2D eigenvalue weighted by atomic mass is 10.1. The molecule has 0 radical (unpaired) electrons. The van der Waals surface area contributed by atoms with Crippen molar-refractivity contribution in [2.75, 3.05) is 0 Å². The zero-order valence-corrected chi connectivity index (χ0v) is 6.71. The molecule has 1 fully saturated rings. The van der Waals surface area contributed by atoms with Crippen molar-refractivity contribution in [2.45, 2.75) is 25.1 Å². The summed E-state index contributed by atoms with van der Waals surface area (Å²) in [7, 11) is 0. The third-order valence-electron chi connectivity index (χ3n) is 2.22. The Morgan fingerprint density at radius 2 is 2.15 bits per heavy atom. The van der Waals surface area contributed by atoms with E-state index in [1.807, 2.05) is 0 Å². The Balaban J connectivity index is 2.33.